The van der Waals surface area contributed by atoms with E-state index >= 15 is 0 Å². The normalized spacial score (nSPS) is 23.1. The molecule has 1 saturated heterocycles. The van der Waals surface area contributed by atoms with Crippen LogP contribution >= 0.6 is 0 Å². The number of methoxy groups -OCH3 is 1. The summed E-state index contributed by atoms with van der Waals surface area (Å²) in [7, 11) is 1.70. The number of rotatable bonds is 3. The van der Waals surface area contributed by atoms with Gasteiger partial charge in [0.15, 0.2) is 0 Å². The molecule has 4 nitrogen and oxygen atoms in total. The van der Waals surface area contributed by atoms with Gasteiger partial charge >= 0.3 is 0 Å². The highest BCUT2D eigenvalue weighted by Crippen LogP contribution is 2.36. The van der Waals surface area contributed by atoms with Gasteiger partial charge in [0, 0.05) is 37.7 Å². The highest BCUT2D eigenvalue weighted by Gasteiger charge is 2.37. The zero-order chi connectivity index (χ0) is 16.5. The Bertz CT molecular complexity index is 759. The van der Waals surface area contributed by atoms with E-state index in [2.05, 4.69) is 28.4 Å². The SMILES string of the molecule is COc1cccc(CN2C[C@@H]3CNC(=O)c4ccccc4[C@H]3C2)c1. The predicted molar refractivity (Wildman–Crippen MR) is 93.3 cm³/mol. The van der Waals surface area contributed by atoms with Gasteiger partial charge in [-0.2, -0.15) is 0 Å². The molecule has 0 spiro atoms. The largest absolute Gasteiger partial charge is 0.497 e. The summed E-state index contributed by atoms with van der Waals surface area (Å²) < 4.78 is 5.32. The molecule has 2 atom stereocenters. The number of nitrogens with one attached hydrogen (secondary N) is 1. The number of nitrogens with zero attached hydrogens (tertiary/aromatic N) is 1. The van der Waals surface area contributed by atoms with E-state index in [4.69, 9.17) is 4.74 Å². The molecule has 2 aliphatic rings. The van der Waals surface area contributed by atoms with Crippen LogP contribution in [0.15, 0.2) is 48.5 Å². The van der Waals surface area contributed by atoms with Crippen molar-refractivity contribution in [2.75, 3.05) is 26.7 Å². The van der Waals surface area contributed by atoms with Crippen molar-refractivity contribution in [3.63, 3.8) is 0 Å². The second-order valence-corrected chi connectivity index (χ2v) is 6.71. The van der Waals surface area contributed by atoms with Crippen molar-refractivity contribution in [1.82, 2.24) is 10.2 Å². The molecular weight excluding hydrogens is 300 g/mol. The third-order valence-electron chi connectivity index (χ3n) is 5.19. The molecule has 2 aliphatic heterocycles. The molecule has 0 saturated carbocycles. The average molecular weight is 322 g/mol. The van der Waals surface area contributed by atoms with Gasteiger partial charge in [0.05, 0.1) is 7.11 Å². The Morgan fingerprint density at radius 2 is 2.04 bits per heavy atom. The molecule has 1 N–H and O–H groups in total. The van der Waals surface area contributed by atoms with Crippen molar-refractivity contribution in [3.8, 4) is 5.75 Å². The minimum absolute atomic E-state index is 0.0688. The monoisotopic (exact) mass is 322 g/mol. The fraction of sp³-hybridized carbons (Fsp3) is 0.350. The fourth-order valence-corrected chi connectivity index (χ4v) is 4.02. The van der Waals surface area contributed by atoms with Gasteiger partial charge in [-0.25, -0.2) is 0 Å². The van der Waals surface area contributed by atoms with E-state index in [1.165, 1.54) is 11.1 Å². The summed E-state index contributed by atoms with van der Waals surface area (Å²) in [5, 5.41) is 3.09. The number of amides is 1. The Morgan fingerprint density at radius 3 is 2.92 bits per heavy atom. The summed E-state index contributed by atoms with van der Waals surface area (Å²) in [5.74, 6) is 1.87. The molecule has 4 heteroatoms. The molecule has 2 aromatic carbocycles. The highest BCUT2D eigenvalue weighted by atomic mass is 16.5. The first-order valence-electron chi connectivity index (χ1n) is 8.47. The molecule has 2 aromatic rings. The first-order valence-corrected chi connectivity index (χ1v) is 8.47. The molecule has 4 rings (SSSR count). The predicted octanol–water partition coefficient (Wildman–Crippen LogP) is 2.65. The maximum atomic E-state index is 12.2. The number of hydrogen-bond donors (Lipinski definition) is 1. The highest BCUT2D eigenvalue weighted by molar-refractivity contribution is 5.96. The van der Waals surface area contributed by atoms with Crippen molar-refractivity contribution in [2.45, 2.75) is 12.5 Å². The van der Waals surface area contributed by atoms with Crippen LogP contribution in [-0.2, 0) is 6.54 Å². The Hall–Kier alpha value is -2.33. The molecule has 0 radical (unpaired) electrons. The smallest absolute Gasteiger partial charge is 0.251 e. The zero-order valence-corrected chi connectivity index (χ0v) is 13.9. The fourth-order valence-electron chi connectivity index (χ4n) is 4.02. The molecular formula is C20H22N2O2. The lowest BCUT2D eigenvalue weighted by atomic mass is 9.87. The van der Waals surface area contributed by atoms with E-state index in [0.29, 0.717) is 11.8 Å². The minimum atomic E-state index is 0.0688. The lowest BCUT2D eigenvalue weighted by Crippen LogP contribution is -2.29. The number of fused-ring (bicyclic) bond motifs is 3. The summed E-state index contributed by atoms with van der Waals surface area (Å²) in [4.78, 5) is 14.7. The average Bonchev–Trinajstić information content (AvgIpc) is 2.97. The topological polar surface area (TPSA) is 41.6 Å². The van der Waals surface area contributed by atoms with Gasteiger partial charge in [-0.05, 0) is 35.2 Å². The van der Waals surface area contributed by atoms with Crippen LogP contribution in [0.5, 0.6) is 5.75 Å². The van der Waals surface area contributed by atoms with E-state index in [-0.39, 0.29) is 5.91 Å². The maximum Gasteiger partial charge on any atom is 0.251 e. The summed E-state index contributed by atoms with van der Waals surface area (Å²) in [6.45, 7) is 3.68. The van der Waals surface area contributed by atoms with Gasteiger partial charge in [-0.3, -0.25) is 9.69 Å². The van der Waals surface area contributed by atoms with Crippen molar-refractivity contribution < 1.29 is 9.53 Å². The van der Waals surface area contributed by atoms with Crippen LogP contribution in [0.2, 0.25) is 0 Å². The van der Waals surface area contributed by atoms with Crippen LogP contribution in [0.4, 0.5) is 0 Å². The summed E-state index contributed by atoms with van der Waals surface area (Å²) in [6.07, 6.45) is 0. The van der Waals surface area contributed by atoms with Crippen molar-refractivity contribution in [1.29, 1.82) is 0 Å². The van der Waals surface area contributed by atoms with Crippen LogP contribution in [0, 0.1) is 5.92 Å². The molecule has 0 aromatic heterocycles. The Morgan fingerprint density at radius 1 is 1.17 bits per heavy atom. The van der Waals surface area contributed by atoms with Gasteiger partial charge in [0.2, 0.25) is 0 Å². The van der Waals surface area contributed by atoms with Crippen molar-refractivity contribution >= 4 is 5.91 Å². The van der Waals surface area contributed by atoms with Crippen LogP contribution < -0.4 is 10.1 Å². The summed E-state index contributed by atoms with van der Waals surface area (Å²) >= 11 is 0. The first-order chi connectivity index (χ1) is 11.7. The third kappa shape index (κ3) is 2.78. The van der Waals surface area contributed by atoms with Crippen LogP contribution in [0.3, 0.4) is 0 Å². The molecule has 2 heterocycles. The molecule has 24 heavy (non-hydrogen) atoms. The number of benzene rings is 2. The molecule has 1 fully saturated rings. The van der Waals surface area contributed by atoms with Gasteiger partial charge in [0.1, 0.15) is 5.75 Å². The first kappa shape index (κ1) is 15.2. The van der Waals surface area contributed by atoms with Gasteiger partial charge in [-0.15, -0.1) is 0 Å². The minimum Gasteiger partial charge on any atom is -0.497 e. The van der Waals surface area contributed by atoms with Crippen molar-refractivity contribution in [3.05, 3.63) is 65.2 Å². The summed E-state index contributed by atoms with van der Waals surface area (Å²) in [6, 6.07) is 16.3. The van der Waals surface area contributed by atoms with Crippen LogP contribution in [-0.4, -0.2) is 37.6 Å². The second-order valence-electron chi connectivity index (χ2n) is 6.71. The van der Waals surface area contributed by atoms with Gasteiger partial charge < -0.3 is 10.1 Å². The van der Waals surface area contributed by atoms with Crippen LogP contribution in [0.1, 0.15) is 27.4 Å². The number of ether oxygens (including phenoxy) is 1. The summed E-state index contributed by atoms with van der Waals surface area (Å²) in [5.41, 5.74) is 3.31. The number of hydrogen-bond acceptors (Lipinski definition) is 3. The molecule has 124 valence electrons. The van der Waals surface area contributed by atoms with Gasteiger partial charge in [-0.1, -0.05) is 30.3 Å². The van der Waals surface area contributed by atoms with E-state index in [1.807, 2.05) is 30.3 Å². The molecule has 1 amide bonds. The lowest BCUT2D eigenvalue weighted by molar-refractivity contribution is 0.0951. The molecule has 0 aliphatic carbocycles. The molecule has 0 bridgehead atoms. The number of likely N-dealkylation sites (tertiary alicyclic amines) is 1. The Balaban J connectivity index is 1.55. The van der Waals surface area contributed by atoms with E-state index in [0.717, 1.165) is 37.5 Å². The Labute approximate surface area is 142 Å². The Kier molecular flexibility index (Phi) is 3.98. The third-order valence-corrected chi connectivity index (χ3v) is 5.19. The molecule has 0 unspecified atom stereocenters. The maximum absolute atomic E-state index is 12.2. The lowest BCUT2D eigenvalue weighted by Gasteiger charge is -2.17. The van der Waals surface area contributed by atoms with E-state index in [1.54, 1.807) is 7.11 Å². The number of carbonyl (C=O) groups is 1. The quantitative estimate of drug-likeness (QED) is 0.944. The van der Waals surface area contributed by atoms with Crippen LogP contribution in [0.25, 0.3) is 0 Å². The van der Waals surface area contributed by atoms with Crippen molar-refractivity contribution in [2.24, 2.45) is 5.92 Å². The van der Waals surface area contributed by atoms with Gasteiger partial charge in [0.25, 0.3) is 5.91 Å². The standard InChI is InChI=1S/C20H22N2O2/c1-24-16-6-4-5-14(9-16)11-22-12-15-10-21-20(23)18-8-3-2-7-17(18)19(15)13-22/h2-9,15,19H,10-13H2,1H3,(H,21,23)/t15-,19-/m0/s1. The second kappa shape index (κ2) is 6.29. The van der Waals surface area contributed by atoms with E-state index < -0.39 is 0 Å². The van der Waals surface area contributed by atoms with E-state index in [9.17, 15) is 4.79 Å². The zero-order valence-electron chi connectivity index (χ0n) is 13.9. The number of carbonyl (C=O) groups excluding carboxylic acids is 1.